The first-order chi connectivity index (χ1) is 5.74. The Kier molecular flexibility index (Phi) is 2.85. The zero-order chi connectivity index (χ0) is 8.97. The Labute approximate surface area is 72.2 Å². The van der Waals surface area contributed by atoms with Crippen LogP contribution < -0.4 is 11.1 Å². The third-order valence-corrected chi connectivity index (χ3v) is 1.55. The predicted octanol–water partition coefficient (Wildman–Crippen LogP) is 1.19. The maximum absolute atomic E-state index is 5.56. The zero-order valence-corrected chi connectivity index (χ0v) is 7.46. The summed E-state index contributed by atoms with van der Waals surface area (Å²) in [6.45, 7) is 4.86. The van der Waals surface area contributed by atoms with Crippen LogP contribution in [0, 0.1) is 6.92 Å². The summed E-state index contributed by atoms with van der Waals surface area (Å²) < 4.78 is 0. The van der Waals surface area contributed by atoms with Crippen LogP contribution in [0.2, 0.25) is 0 Å². The quantitative estimate of drug-likeness (QED) is 0.708. The van der Waals surface area contributed by atoms with Gasteiger partial charge in [-0.2, -0.15) is 0 Å². The molecule has 0 unspecified atom stereocenters. The van der Waals surface area contributed by atoms with Crippen molar-refractivity contribution in [3.63, 3.8) is 0 Å². The van der Waals surface area contributed by atoms with Crippen LogP contribution in [0.25, 0.3) is 0 Å². The summed E-state index contributed by atoms with van der Waals surface area (Å²) in [7, 11) is 0. The average molecular weight is 166 g/mol. The maximum Gasteiger partial charge on any atom is 0.222 e. The van der Waals surface area contributed by atoms with Crippen LogP contribution in [0.15, 0.2) is 6.20 Å². The molecule has 0 atom stereocenters. The van der Waals surface area contributed by atoms with Crippen LogP contribution in [0.5, 0.6) is 0 Å². The van der Waals surface area contributed by atoms with E-state index < -0.39 is 0 Å². The molecule has 0 aliphatic carbocycles. The van der Waals surface area contributed by atoms with Gasteiger partial charge in [-0.25, -0.2) is 9.97 Å². The van der Waals surface area contributed by atoms with E-state index in [4.69, 9.17) is 5.73 Å². The topological polar surface area (TPSA) is 63.8 Å². The second-order valence-electron chi connectivity index (χ2n) is 2.66. The Hall–Kier alpha value is -1.32. The molecule has 0 saturated carbocycles. The molecule has 1 aromatic heterocycles. The number of nitrogens with one attached hydrogen (secondary N) is 1. The van der Waals surface area contributed by atoms with E-state index >= 15 is 0 Å². The molecular weight excluding hydrogens is 152 g/mol. The first-order valence-electron chi connectivity index (χ1n) is 4.07. The second-order valence-corrected chi connectivity index (χ2v) is 2.66. The van der Waals surface area contributed by atoms with Gasteiger partial charge in [0.05, 0.1) is 17.6 Å². The molecule has 1 rings (SSSR count). The molecular formula is C8H14N4. The number of aryl methyl sites for hydroxylation is 1. The zero-order valence-electron chi connectivity index (χ0n) is 7.46. The first kappa shape index (κ1) is 8.77. The summed E-state index contributed by atoms with van der Waals surface area (Å²) in [5, 5.41) is 3.08. The van der Waals surface area contributed by atoms with E-state index in [1.54, 1.807) is 6.20 Å². The molecule has 0 radical (unpaired) electrons. The van der Waals surface area contributed by atoms with E-state index in [1.165, 1.54) is 0 Å². The van der Waals surface area contributed by atoms with Crippen molar-refractivity contribution in [1.29, 1.82) is 0 Å². The molecule has 1 heterocycles. The van der Waals surface area contributed by atoms with Crippen LogP contribution in [0.3, 0.4) is 0 Å². The number of aromatic nitrogens is 2. The molecule has 0 saturated heterocycles. The second kappa shape index (κ2) is 3.90. The Morgan fingerprint density at radius 3 is 2.92 bits per heavy atom. The molecule has 0 aromatic carbocycles. The fraction of sp³-hybridized carbons (Fsp3) is 0.500. The minimum Gasteiger partial charge on any atom is -0.396 e. The maximum atomic E-state index is 5.56. The number of hydrogen-bond acceptors (Lipinski definition) is 4. The molecule has 0 amide bonds. The standard InChI is InChI=1S/C8H14N4/c1-3-4-10-8-11-5-7(9)6(2)12-8/h5H,3-4,9H2,1-2H3,(H,10,11,12). The van der Waals surface area contributed by atoms with Gasteiger partial charge in [0.25, 0.3) is 0 Å². The van der Waals surface area contributed by atoms with Gasteiger partial charge in [-0.05, 0) is 13.3 Å². The van der Waals surface area contributed by atoms with Crippen LogP contribution in [-0.2, 0) is 0 Å². The van der Waals surface area contributed by atoms with Crippen molar-refractivity contribution in [3.05, 3.63) is 11.9 Å². The summed E-state index contributed by atoms with van der Waals surface area (Å²) in [5.74, 6) is 0.656. The minimum absolute atomic E-state index is 0.636. The molecule has 4 nitrogen and oxygen atoms in total. The minimum atomic E-state index is 0.636. The molecule has 4 heteroatoms. The molecule has 0 spiro atoms. The highest BCUT2D eigenvalue weighted by molar-refractivity contribution is 5.42. The predicted molar refractivity (Wildman–Crippen MR) is 50.0 cm³/mol. The third-order valence-electron chi connectivity index (χ3n) is 1.55. The molecule has 3 N–H and O–H groups in total. The molecule has 66 valence electrons. The number of nitrogen functional groups attached to an aromatic ring is 1. The van der Waals surface area contributed by atoms with E-state index in [9.17, 15) is 0 Å². The van der Waals surface area contributed by atoms with Crippen LogP contribution >= 0.6 is 0 Å². The smallest absolute Gasteiger partial charge is 0.222 e. The number of nitrogens with two attached hydrogens (primary N) is 1. The highest BCUT2D eigenvalue weighted by Crippen LogP contribution is 2.07. The lowest BCUT2D eigenvalue weighted by atomic mass is 10.4. The van der Waals surface area contributed by atoms with Gasteiger partial charge in [0.15, 0.2) is 0 Å². The van der Waals surface area contributed by atoms with Crippen molar-refractivity contribution in [2.75, 3.05) is 17.6 Å². The van der Waals surface area contributed by atoms with Gasteiger partial charge in [-0.1, -0.05) is 6.92 Å². The highest BCUT2D eigenvalue weighted by atomic mass is 15.1. The van der Waals surface area contributed by atoms with Crippen LogP contribution in [0.1, 0.15) is 19.0 Å². The highest BCUT2D eigenvalue weighted by Gasteiger charge is 1.97. The summed E-state index contributed by atoms with van der Waals surface area (Å²) in [4.78, 5) is 8.19. The normalized spacial score (nSPS) is 9.83. The van der Waals surface area contributed by atoms with E-state index in [-0.39, 0.29) is 0 Å². The van der Waals surface area contributed by atoms with Crippen molar-refractivity contribution >= 4 is 11.6 Å². The van der Waals surface area contributed by atoms with Crippen molar-refractivity contribution < 1.29 is 0 Å². The lowest BCUT2D eigenvalue weighted by Gasteiger charge is -2.04. The number of anilines is 2. The van der Waals surface area contributed by atoms with E-state index in [2.05, 4.69) is 22.2 Å². The van der Waals surface area contributed by atoms with E-state index in [0.717, 1.165) is 18.7 Å². The van der Waals surface area contributed by atoms with Gasteiger partial charge in [0.1, 0.15) is 0 Å². The first-order valence-corrected chi connectivity index (χ1v) is 4.07. The van der Waals surface area contributed by atoms with Crippen molar-refractivity contribution in [1.82, 2.24) is 9.97 Å². The number of rotatable bonds is 3. The van der Waals surface area contributed by atoms with Crippen molar-refractivity contribution in [3.8, 4) is 0 Å². The number of hydrogen-bond donors (Lipinski definition) is 2. The third kappa shape index (κ3) is 2.08. The largest absolute Gasteiger partial charge is 0.396 e. The molecule has 12 heavy (non-hydrogen) atoms. The lowest BCUT2D eigenvalue weighted by Crippen LogP contribution is -2.06. The molecule has 0 bridgehead atoms. The Bertz CT molecular complexity index is 259. The monoisotopic (exact) mass is 166 g/mol. The number of nitrogens with zero attached hydrogens (tertiary/aromatic N) is 2. The Morgan fingerprint density at radius 1 is 1.58 bits per heavy atom. The van der Waals surface area contributed by atoms with E-state index in [0.29, 0.717) is 11.6 Å². The summed E-state index contributed by atoms with van der Waals surface area (Å²) in [6.07, 6.45) is 2.69. The fourth-order valence-electron chi connectivity index (χ4n) is 0.798. The van der Waals surface area contributed by atoms with Gasteiger partial charge < -0.3 is 11.1 Å². The van der Waals surface area contributed by atoms with Gasteiger partial charge in [-0.3, -0.25) is 0 Å². The van der Waals surface area contributed by atoms with E-state index in [1.807, 2.05) is 6.92 Å². The van der Waals surface area contributed by atoms with Gasteiger partial charge in [0.2, 0.25) is 5.95 Å². The summed E-state index contributed by atoms with van der Waals surface area (Å²) in [6, 6.07) is 0. The van der Waals surface area contributed by atoms with Crippen molar-refractivity contribution in [2.45, 2.75) is 20.3 Å². The van der Waals surface area contributed by atoms with Gasteiger partial charge in [-0.15, -0.1) is 0 Å². The van der Waals surface area contributed by atoms with Gasteiger partial charge in [0, 0.05) is 6.54 Å². The fourth-order valence-corrected chi connectivity index (χ4v) is 0.798. The molecule has 0 aliphatic heterocycles. The molecule has 0 fully saturated rings. The lowest BCUT2D eigenvalue weighted by molar-refractivity contribution is 0.947. The van der Waals surface area contributed by atoms with Crippen molar-refractivity contribution in [2.24, 2.45) is 0 Å². The van der Waals surface area contributed by atoms with Crippen LogP contribution in [0.4, 0.5) is 11.6 Å². The summed E-state index contributed by atoms with van der Waals surface area (Å²) in [5.41, 5.74) is 7.02. The van der Waals surface area contributed by atoms with Gasteiger partial charge >= 0.3 is 0 Å². The summed E-state index contributed by atoms with van der Waals surface area (Å²) >= 11 is 0. The van der Waals surface area contributed by atoms with Crippen LogP contribution in [-0.4, -0.2) is 16.5 Å². The Morgan fingerprint density at radius 2 is 2.33 bits per heavy atom. The Balaban J connectivity index is 2.69. The molecule has 0 aliphatic rings. The molecule has 1 aromatic rings. The SMILES string of the molecule is CCCNc1ncc(N)c(C)n1. The average Bonchev–Trinajstić information content (AvgIpc) is 2.07.